The zero-order valence-electron chi connectivity index (χ0n) is 17.3. The number of hydrogen-bond acceptors (Lipinski definition) is 4. The first-order valence-corrected chi connectivity index (χ1v) is 9.06. The molecule has 0 unspecified atom stereocenters. The van der Waals surface area contributed by atoms with E-state index in [4.69, 9.17) is 9.84 Å². The third kappa shape index (κ3) is 6.76. The van der Waals surface area contributed by atoms with E-state index in [0.717, 1.165) is 11.1 Å². The topological polar surface area (TPSA) is 76.0 Å². The average molecular weight is 389 g/mol. The first kappa shape index (κ1) is 23.3. The van der Waals surface area contributed by atoms with Gasteiger partial charge in [-0.2, -0.15) is 0 Å². The molecular formula is C22H28FNO4. The maximum absolute atomic E-state index is 14.4. The molecule has 0 heterocycles. The predicted octanol–water partition coefficient (Wildman–Crippen LogP) is 5.01. The molecule has 1 N–H and O–H groups in total. The zero-order chi connectivity index (χ0) is 21.5. The summed E-state index contributed by atoms with van der Waals surface area (Å²) in [6, 6.07) is 3.27. The molecule has 0 fully saturated rings. The lowest BCUT2D eigenvalue weighted by atomic mass is 9.99. The fourth-order valence-corrected chi connectivity index (χ4v) is 2.32. The summed E-state index contributed by atoms with van der Waals surface area (Å²) in [5.74, 6) is -2.01. The minimum Gasteiger partial charge on any atom is -0.481 e. The van der Waals surface area contributed by atoms with Gasteiger partial charge in [0.05, 0.1) is 18.6 Å². The SMILES string of the molecule is CC=C/C(=C\N=C(/C)C(C)(C)OC(=O)CCC(=O)O)c1cc(C)c(C)cc1F. The van der Waals surface area contributed by atoms with Crippen LogP contribution in [0.5, 0.6) is 0 Å². The molecule has 1 aromatic rings. The molecular weight excluding hydrogens is 361 g/mol. The van der Waals surface area contributed by atoms with Gasteiger partial charge < -0.3 is 9.84 Å². The molecule has 0 aliphatic carbocycles. The Morgan fingerprint density at radius 3 is 2.39 bits per heavy atom. The lowest BCUT2D eigenvalue weighted by molar-refractivity contribution is -0.153. The maximum Gasteiger partial charge on any atom is 0.307 e. The van der Waals surface area contributed by atoms with E-state index in [9.17, 15) is 14.0 Å². The molecule has 0 amide bonds. The molecule has 0 atom stereocenters. The van der Waals surface area contributed by atoms with Crippen LogP contribution in [0, 0.1) is 19.7 Å². The maximum atomic E-state index is 14.4. The minimum absolute atomic E-state index is 0.209. The van der Waals surface area contributed by atoms with Gasteiger partial charge in [-0.15, -0.1) is 0 Å². The summed E-state index contributed by atoms with van der Waals surface area (Å²) in [5, 5.41) is 8.66. The van der Waals surface area contributed by atoms with E-state index in [-0.39, 0.29) is 18.7 Å². The van der Waals surface area contributed by atoms with Gasteiger partial charge in [0.15, 0.2) is 0 Å². The Kier molecular flexibility index (Phi) is 8.29. The smallest absolute Gasteiger partial charge is 0.307 e. The molecule has 0 bridgehead atoms. The van der Waals surface area contributed by atoms with Crippen molar-refractivity contribution < 1.29 is 23.8 Å². The number of halogens is 1. The van der Waals surface area contributed by atoms with E-state index >= 15 is 0 Å². The van der Waals surface area contributed by atoms with Crippen LogP contribution < -0.4 is 0 Å². The van der Waals surface area contributed by atoms with E-state index < -0.39 is 17.5 Å². The van der Waals surface area contributed by atoms with Crippen LogP contribution in [0.2, 0.25) is 0 Å². The molecule has 152 valence electrons. The van der Waals surface area contributed by atoms with Crippen LogP contribution in [-0.2, 0) is 14.3 Å². The number of ether oxygens (including phenoxy) is 1. The standard InChI is InChI=1S/C22H28FNO4/c1-7-8-17(18-11-14(2)15(3)12-19(18)23)13-24-16(4)22(5,6)28-21(27)10-9-20(25)26/h7-8,11-13H,9-10H2,1-6H3,(H,25,26)/b8-7?,17-13+,24-16+. The second-order valence-electron chi connectivity index (χ2n) is 7.09. The highest BCUT2D eigenvalue weighted by molar-refractivity contribution is 5.93. The van der Waals surface area contributed by atoms with Crippen LogP contribution in [-0.4, -0.2) is 28.4 Å². The van der Waals surface area contributed by atoms with Crippen LogP contribution in [0.15, 0.2) is 35.5 Å². The van der Waals surface area contributed by atoms with Gasteiger partial charge in [0.25, 0.3) is 0 Å². The molecule has 0 aliphatic heterocycles. The molecule has 0 aliphatic rings. The van der Waals surface area contributed by atoms with Crippen molar-refractivity contribution >= 4 is 23.2 Å². The summed E-state index contributed by atoms with van der Waals surface area (Å²) < 4.78 is 19.8. The molecule has 6 heteroatoms. The molecule has 5 nitrogen and oxygen atoms in total. The number of aliphatic imine (C=N–C) groups is 1. The van der Waals surface area contributed by atoms with Crippen molar-refractivity contribution in [1.29, 1.82) is 0 Å². The number of aliphatic carboxylic acids is 1. The lowest BCUT2D eigenvalue weighted by Gasteiger charge is -2.24. The van der Waals surface area contributed by atoms with Crippen molar-refractivity contribution in [2.24, 2.45) is 4.99 Å². The summed E-state index contributed by atoms with van der Waals surface area (Å²) in [6.45, 7) is 10.6. The summed E-state index contributed by atoms with van der Waals surface area (Å²) in [7, 11) is 0. The Hall–Kier alpha value is -2.76. The Labute approximate surface area is 165 Å². The van der Waals surface area contributed by atoms with E-state index in [1.165, 1.54) is 12.3 Å². The number of aryl methyl sites for hydroxylation is 2. The molecule has 0 spiro atoms. The highest BCUT2D eigenvalue weighted by Gasteiger charge is 2.26. The Bertz CT molecular complexity index is 835. The van der Waals surface area contributed by atoms with Gasteiger partial charge in [0.2, 0.25) is 0 Å². The summed E-state index contributed by atoms with van der Waals surface area (Å²) >= 11 is 0. The van der Waals surface area contributed by atoms with Crippen molar-refractivity contribution in [2.75, 3.05) is 0 Å². The number of carboxylic acid groups (broad SMARTS) is 1. The number of allylic oxidation sites excluding steroid dienone is 3. The van der Waals surface area contributed by atoms with Crippen molar-refractivity contribution in [3.8, 4) is 0 Å². The van der Waals surface area contributed by atoms with Gasteiger partial charge in [-0.1, -0.05) is 12.2 Å². The third-order valence-electron chi connectivity index (χ3n) is 4.42. The van der Waals surface area contributed by atoms with E-state index in [0.29, 0.717) is 16.8 Å². The highest BCUT2D eigenvalue weighted by Crippen LogP contribution is 2.24. The molecule has 1 rings (SSSR count). The Balaban J connectivity index is 3.13. The molecule has 28 heavy (non-hydrogen) atoms. The van der Waals surface area contributed by atoms with E-state index in [1.807, 2.05) is 20.8 Å². The normalized spacial score (nSPS) is 13.1. The van der Waals surface area contributed by atoms with E-state index in [1.54, 1.807) is 39.0 Å². The monoisotopic (exact) mass is 389 g/mol. The fourth-order valence-electron chi connectivity index (χ4n) is 2.32. The minimum atomic E-state index is -1.06. The first-order valence-electron chi connectivity index (χ1n) is 9.06. The summed E-state index contributed by atoms with van der Waals surface area (Å²) in [6.07, 6.45) is 4.59. The van der Waals surface area contributed by atoms with Gasteiger partial charge in [0, 0.05) is 17.3 Å². The Morgan fingerprint density at radius 2 is 1.82 bits per heavy atom. The van der Waals surface area contributed by atoms with Gasteiger partial charge >= 0.3 is 11.9 Å². The van der Waals surface area contributed by atoms with Gasteiger partial charge in [0.1, 0.15) is 11.4 Å². The van der Waals surface area contributed by atoms with Crippen LogP contribution in [0.1, 0.15) is 57.2 Å². The number of rotatable bonds is 8. The van der Waals surface area contributed by atoms with Crippen LogP contribution in [0.4, 0.5) is 4.39 Å². The number of carboxylic acids is 1. The Morgan fingerprint density at radius 1 is 1.21 bits per heavy atom. The number of esters is 1. The van der Waals surface area contributed by atoms with Crippen molar-refractivity contribution in [3.05, 3.63) is 53.0 Å². The second kappa shape index (κ2) is 9.97. The highest BCUT2D eigenvalue weighted by atomic mass is 19.1. The zero-order valence-corrected chi connectivity index (χ0v) is 17.3. The molecule has 0 saturated heterocycles. The summed E-state index contributed by atoms with van der Waals surface area (Å²) in [5.41, 5.74) is 2.36. The van der Waals surface area contributed by atoms with Gasteiger partial charge in [-0.05, 0) is 64.8 Å². The second-order valence-corrected chi connectivity index (χ2v) is 7.09. The third-order valence-corrected chi connectivity index (χ3v) is 4.42. The van der Waals surface area contributed by atoms with Crippen molar-refractivity contribution in [2.45, 2.75) is 60.0 Å². The average Bonchev–Trinajstić information content (AvgIpc) is 2.59. The van der Waals surface area contributed by atoms with Gasteiger partial charge in [-0.25, -0.2) is 4.39 Å². The predicted molar refractivity (Wildman–Crippen MR) is 109 cm³/mol. The number of benzene rings is 1. The number of hydrogen-bond donors (Lipinski definition) is 1. The lowest BCUT2D eigenvalue weighted by Crippen LogP contribution is -2.35. The fraction of sp³-hybridized carbons (Fsp3) is 0.409. The first-order chi connectivity index (χ1) is 13.0. The molecule has 0 aromatic heterocycles. The molecule has 1 aromatic carbocycles. The quantitative estimate of drug-likeness (QED) is 0.385. The van der Waals surface area contributed by atoms with E-state index in [2.05, 4.69) is 4.99 Å². The molecule has 0 radical (unpaired) electrons. The largest absolute Gasteiger partial charge is 0.481 e. The summed E-state index contributed by atoms with van der Waals surface area (Å²) in [4.78, 5) is 26.8. The molecule has 0 saturated carbocycles. The van der Waals surface area contributed by atoms with Crippen molar-refractivity contribution in [3.63, 3.8) is 0 Å². The van der Waals surface area contributed by atoms with Crippen LogP contribution >= 0.6 is 0 Å². The number of carbonyl (C=O) groups excluding carboxylic acids is 1. The van der Waals surface area contributed by atoms with Crippen LogP contribution in [0.3, 0.4) is 0 Å². The van der Waals surface area contributed by atoms with Crippen molar-refractivity contribution in [1.82, 2.24) is 0 Å². The van der Waals surface area contributed by atoms with Crippen LogP contribution in [0.25, 0.3) is 5.57 Å². The van der Waals surface area contributed by atoms with Gasteiger partial charge in [-0.3, -0.25) is 14.6 Å². The number of nitrogens with zero attached hydrogens (tertiary/aromatic N) is 1. The number of carbonyl (C=O) groups is 2.